The van der Waals surface area contributed by atoms with Crippen LogP contribution >= 0.6 is 0 Å². The number of aliphatic imine (C=N–C) groups is 1. The first-order chi connectivity index (χ1) is 12.1. The highest BCUT2D eigenvalue weighted by molar-refractivity contribution is 7.90. The third-order valence-electron chi connectivity index (χ3n) is 5.00. The van der Waals surface area contributed by atoms with Crippen LogP contribution < -0.4 is 5.32 Å². The summed E-state index contributed by atoms with van der Waals surface area (Å²) in [5.41, 5.74) is -5.22. The van der Waals surface area contributed by atoms with Crippen molar-refractivity contribution in [2.45, 2.75) is 45.0 Å². The van der Waals surface area contributed by atoms with Crippen molar-refractivity contribution in [2.75, 3.05) is 39.3 Å². The van der Waals surface area contributed by atoms with Crippen LogP contribution in [0.15, 0.2) is 4.99 Å². The highest BCUT2D eigenvalue weighted by Crippen LogP contribution is 2.30. The molecule has 2 aliphatic heterocycles. The van der Waals surface area contributed by atoms with Crippen LogP contribution in [0.5, 0.6) is 0 Å². The highest BCUT2D eigenvalue weighted by atomic mass is 32.2. The Bertz CT molecular complexity index is 587. The molecule has 2 fully saturated rings. The highest BCUT2D eigenvalue weighted by Gasteiger charge is 2.50. The van der Waals surface area contributed by atoms with E-state index in [9.17, 15) is 21.6 Å². The van der Waals surface area contributed by atoms with Gasteiger partial charge in [-0.05, 0) is 44.4 Å². The van der Waals surface area contributed by atoms with E-state index in [2.05, 4.69) is 22.1 Å². The van der Waals surface area contributed by atoms with Crippen molar-refractivity contribution >= 4 is 16.0 Å². The van der Waals surface area contributed by atoms with Crippen molar-refractivity contribution in [1.82, 2.24) is 14.5 Å². The second-order valence-electron chi connectivity index (χ2n) is 7.18. The standard InChI is InChI=1S/C16H29F3N4O2S/c1-3-20-15(22-8-4-5-13(2)12-22)21-11-14-6-9-23(10-7-14)26(24,25)16(17,18)19/h13-14H,3-12H2,1-2H3,(H,20,21). The Kier molecular flexibility index (Phi) is 7.18. The van der Waals surface area contributed by atoms with Gasteiger partial charge in [0.1, 0.15) is 0 Å². The lowest BCUT2D eigenvalue weighted by Gasteiger charge is -2.34. The monoisotopic (exact) mass is 398 g/mol. The number of likely N-dealkylation sites (tertiary alicyclic amines) is 1. The van der Waals surface area contributed by atoms with E-state index in [-0.39, 0.29) is 19.0 Å². The molecule has 0 aliphatic carbocycles. The van der Waals surface area contributed by atoms with Crippen molar-refractivity contribution in [3.63, 3.8) is 0 Å². The quantitative estimate of drug-likeness (QED) is 0.583. The summed E-state index contributed by atoms with van der Waals surface area (Å²) in [4.78, 5) is 6.91. The predicted octanol–water partition coefficient (Wildman–Crippen LogP) is 2.25. The molecule has 0 saturated carbocycles. The average molecular weight is 398 g/mol. The van der Waals surface area contributed by atoms with Gasteiger partial charge < -0.3 is 10.2 Å². The second-order valence-corrected chi connectivity index (χ2v) is 9.11. The van der Waals surface area contributed by atoms with Crippen LogP contribution in [-0.2, 0) is 10.0 Å². The molecule has 10 heteroatoms. The van der Waals surface area contributed by atoms with Crippen LogP contribution in [0, 0.1) is 11.8 Å². The van der Waals surface area contributed by atoms with Crippen LogP contribution in [0.25, 0.3) is 0 Å². The van der Waals surface area contributed by atoms with E-state index in [0.717, 1.165) is 32.0 Å². The Hall–Kier alpha value is -1.03. The van der Waals surface area contributed by atoms with Gasteiger partial charge in [0.2, 0.25) is 0 Å². The molecular weight excluding hydrogens is 369 g/mol. The number of rotatable bonds is 4. The Balaban J connectivity index is 1.91. The van der Waals surface area contributed by atoms with Gasteiger partial charge >= 0.3 is 15.5 Å². The van der Waals surface area contributed by atoms with E-state index in [4.69, 9.17) is 0 Å². The van der Waals surface area contributed by atoms with Crippen LogP contribution in [-0.4, -0.2) is 68.4 Å². The van der Waals surface area contributed by atoms with Gasteiger partial charge in [-0.3, -0.25) is 4.99 Å². The number of guanidine groups is 1. The number of nitrogens with one attached hydrogen (secondary N) is 1. The van der Waals surface area contributed by atoms with E-state index >= 15 is 0 Å². The number of hydrogen-bond acceptors (Lipinski definition) is 3. The maximum atomic E-state index is 12.6. The Morgan fingerprint density at radius 3 is 2.38 bits per heavy atom. The van der Waals surface area contributed by atoms with Crippen LogP contribution in [0.4, 0.5) is 13.2 Å². The van der Waals surface area contributed by atoms with Crippen molar-refractivity contribution in [2.24, 2.45) is 16.8 Å². The summed E-state index contributed by atoms with van der Waals surface area (Å²) in [6.07, 6.45) is 3.13. The minimum atomic E-state index is -5.22. The second kappa shape index (κ2) is 8.77. The van der Waals surface area contributed by atoms with Crippen molar-refractivity contribution < 1.29 is 21.6 Å². The summed E-state index contributed by atoms with van der Waals surface area (Å²) in [6, 6.07) is 0. The zero-order valence-electron chi connectivity index (χ0n) is 15.4. The molecular formula is C16H29F3N4O2S. The van der Waals surface area contributed by atoms with Gasteiger partial charge in [-0.2, -0.15) is 17.5 Å². The molecule has 0 amide bonds. The van der Waals surface area contributed by atoms with E-state index in [1.807, 2.05) is 6.92 Å². The fourth-order valence-corrected chi connectivity index (χ4v) is 4.49. The number of nitrogens with zero attached hydrogens (tertiary/aromatic N) is 3. The maximum absolute atomic E-state index is 12.6. The molecule has 1 atom stereocenters. The van der Waals surface area contributed by atoms with Crippen LogP contribution in [0.2, 0.25) is 0 Å². The van der Waals surface area contributed by atoms with Crippen molar-refractivity contribution in [3.05, 3.63) is 0 Å². The minimum absolute atomic E-state index is 0.0979. The summed E-state index contributed by atoms with van der Waals surface area (Å²) in [5.74, 6) is 1.57. The smallest absolute Gasteiger partial charge is 0.357 e. The first-order valence-electron chi connectivity index (χ1n) is 9.24. The topological polar surface area (TPSA) is 65.0 Å². The van der Waals surface area contributed by atoms with E-state index < -0.39 is 15.5 Å². The molecule has 0 aromatic rings. The molecule has 2 rings (SSSR count). The lowest BCUT2D eigenvalue weighted by Crippen LogP contribution is -2.47. The van der Waals surface area contributed by atoms with Gasteiger partial charge in [0.25, 0.3) is 0 Å². The molecule has 0 aromatic heterocycles. The normalized spacial score (nSPS) is 24.7. The van der Waals surface area contributed by atoms with Crippen LogP contribution in [0.1, 0.15) is 39.5 Å². The minimum Gasteiger partial charge on any atom is -0.357 e. The molecule has 2 saturated heterocycles. The summed E-state index contributed by atoms with van der Waals surface area (Å²) < 4.78 is 61.3. The molecule has 0 bridgehead atoms. The fourth-order valence-electron chi connectivity index (χ4n) is 3.50. The molecule has 2 aliphatic rings. The summed E-state index contributed by atoms with van der Waals surface area (Å²) in [7, 11) is -5.21. The van der Waals surface area contributed by atoms with Gasteiger partial charge in [-0.25, -0.2) is 8.42 Å². The molecule has 0 spiro atoms. The number of sulfonamides is 1. The molecule has 2 heterocycles. The fraction of sp³-hybridized carbons (Fsp3) is 0.938. The molecule has 0 radical (unpaired) electrons. The first kappa shape index (κ1) is 21.3. The summed E-state index contributed by atoms with van der Waals surface area (Å²) in [5, 5.41) is 3.29. The molecule has 1 N–H and O–H groups in total. The first-order valence-corrected chi connectivity index (χ1v) is 10.7. The van der Waals surface area contributed by atoms with E-state index in [1.54, 1.807) is 0 Å². The lowest BCUT2D eigenvalue weighted by atomic mass is 9.98. The number of halogens is 3. The van der Waals surface area contributed by atoms with Gasteiger partial charge in [0, 0.05) is 39.3 Å². The summed E-state index contributed by atoms with van der Waals surface area (Å²) in [6.45, 7) is 7.19. The maximum Gasteiger partial charge on any atom is 0.511 e. The van der Waals surface area contributed by atoms with E-state index in [1.165, 1.54) is 6.42 Å². The predicted molar refractivity (Wildman–Crippen MR) is 95.2 cm³/mol. The number of hydrogen-bond donors (Lipinski definition) is 1. The van der Waals surface area contributed by atoms with Crippen molar-refractivity contribution in [3.8, 4) is 0 Å². The third kappa shape index (κ3) is 5.25. The Morgan fingerprint density at radius 2 is 1.85 bits per heavy atom. The molecule has 0 aromatic carbocycles. The Morgan fingerprint density at radius 1 is 1.19 bits per heavy atom. The SMILES string of the molecule is CCNC(=NCC1CCN(S(=O)(=O)C(F)(F)F)CC1)N1CCCC(C)C1. The molecule has 1 unspecified atom stereocenters. The largest absolute Gasteiger partial charge is 0.511 e. The summed E-state index contributed by atoms with van der Waals surface area (Å²) >= 11 is 0. The number of piperidine rings is 2. The number of alkyl halides is 3. The molecule has 26 heavy (non-hydrogen) atoms. The Labute approximate surface area is 153 Å². The third-order valence-corrected chi connectivity index (χ3v) is 6.63. The molecule has 152 valence electrons. The lowest BCUT2D eigenvalue weighted by molar-refractivity contribution is -0.0496. The van der Waals surface area contributed by atoms with Crippen molar-refractivity contribution in [1.29, 1.82) is 0 Å². The van der Waals surface area contributed by atoms with Gasteiger partial charge in [0.15, 0.2) is 5.96 Å². The molecule has 6 nitrogen and oxygen atoms in total. The van der Waals surface area contributed by atoms with Crippen LogP contribution in [0.3, 0.4) is 0 Å². The van der Waals surface area contributed by atoms with Gasteiger partial charge in [-0.15, -0.1) is 0 Å². The average Bonchev–Trinajstić information content (AvgIpc) is 2.58. The zero-order chi connectivity index (χ0) is 19.4. The zero-order valence-corrected chi connectivity index (χ0v) is 16.2. The van der Waals surface area contributed by atoms with E-state index in [0.29, 0.717) is 29.6 Å². The van der Waals surface area contributed by atoms with Gasteiger partial charge in [-0.1, -0.05) is 6.92 Å². The van der Waals surface area contributed by atoms with Gasteiger partial charge in [0.05, 0.1) is 0 Å².